The van der Waals surface area contributed by atoms with Crippen molar-refractivity contribution in [3.8, 4) is 17.1 Å². The van der Waals surface area contributed by atoms with Crippen LogP contribution in [0.2, 0.25) is 0 Å². The first-order chi connectivity index (χ1) is 11.7. The molecule has 3 aromatic rings. The Labute approximate surface area is 140 Å². The zero-order valence-corrected chi connectivity index (χ0v) is 13.6. The Kier molecular flexibility index (Phi) is 4.70. The fraction of sp³-hybridized carbons (Fsp3) is 0.211. The first kappa shape index (κ1) is 15.9. The van der Waals surface area contributed by atoms with Gasteiger partial charge in [0.15, 0.2) is 6.61 Å². The second-order valence-corrected chi connectivity index (χ2v) is 5.77. The van der Waals surface area contributed by atoms with Gasteiger partial charge in [-0.05, 0) is 23.6 Å². The fourth-order valence-electron chi connectivity index (χ4n) is 2.27. The summed E-state index contributed by atoms with van der Waals surface area (Å²) in [6.07, 6.45) is 0.776. The predicted molar refractivity (Wildman–Crippen MR) is 90.0 cm³/mol. The largest absolute Gasteiger partial charge is 0.484 e. The predicted octanol–water partition coefficient (Wildman–Crippen LogP) is 4.25. The van der Waals surface area contributed by atoms with E-state index < -0.39 is 0 Å². The summed E-state index contributed by atoms with van der Waals surface area (Å²) in [4.78, 5) is 15.1. The molecule has 2 aromatic carbocycles. The van der Waals surface area contributed by atoms with Crippen LogP contribution >= 0.6 is 0 Å². The molecule has 0 saturated carbocycles. The molecule has 5 heteroatoms. The number of aromatic nitrogens is 2. The second-order valence-electron chi connectivity index (χ2n) is 5.77. The minimum absolute atomic E-state index is 0.152. The normalized spacial score (nSPS) is 10.8. The fourth-order valence-corrected chi connectivity index (χ4v) is 2.27. The van der Waals surface area contributed by atoms with Crippen LogP contribution in [0.3, 0.4) is 0 Å². The Balaban J connectivity index is 1.67. The molecule has 24 heavy (non-hydrogen) atoms. The molecule has 0 spiro atoms. The minimum Gasteiger partial charge on any atom is -0.484 e. The Morgan fingerprint density at radius 3 is 2.67 bits per heavy atom. The number of nitrogens with zero attached hydrogens (tertiary/aromatic N) is 2. The first-order valence-corrected chi connectivity index (χ1v) is 7.76. The summed E-state index contributed by atoms with van der Waals surface area (Å²) in [6.45, 7) is 4.45. The molecule has 122 valence electrons. The van der Waals surface area contributed by atoms with E-state index in [0.29, 0.717) is 28.9 Å². The van der Waals surface area contributed by atoms with Gasteiger partial charge in [0.05, 0.1) is 0 Å². The standard InChI is InChI=1S/C19H18N2O3/c1-13(2)15-6-8-16(9-7-15)19-20-18(24-21-19)12-23-17-5-3-4-14(10-17)11-22/h3-11,13H,12H2,1-2H3. The van der Waals surface area contributed by atoms with Crippen LogP contribution in [0.4, 0.5) is 0 Å². The van der Waals surface area contributed by atoms with E-state index in [1.54, 1.807) is 24.3 Å². The molecule has 0 aliphatic carbocycles. The molecular weight excluding hydrogens is 304 g/mol. The Hall–Kier alpha value is -2.95. The molecule has 0 aliphatic heterocycles. The van der Waals surface area contributed by atoms with Gasteiger partial charge in [0.2, 0.25) is 5.82 Å². The number of ether oxygens (including phenoxy) is 1. The van der Waals surface area contributed by atoms with Gasteiger partial charge in [-0.3, -0.25) is 4.79 Å². The van der Waals surface area contributed by atoms with Gasteiger partial charge in [-0.25, -0.2) is 0 Å². The highest BCUT2D eigenvalue weighted by atomic mass is 16.5. The van der Waals surface area contributed by atoms with E-state index in [9.17, 15) is 4.79 Å². The maximum Gasteiger partial charge on any atom is 0.264 e. The molecule has 0 fully saturated rings. The molecule has 0 amide bonds. The summed E-state index contributed by atoms with van der Waals surface area (Å²) in [5.74, 6) is 1.98. The zero-order valence-electron chi connectivity index (χ0n) is 13.6. The maximum atomic E-state index is 10.8. The monoisotopic (exact) mass is 322 g/mol. The van der Waals surface area contributed by atoms with Gasteiger partial charge in [0, 0.05) is 11.1 Å². The first-order valence-electron chi connectivity index (χ1n) is 7.76. The molecule has 0 radical (unpaired) electrons. The summed E-state index contributed by atoms with van der Waals surface area (Å²) in [5, 5.41) is 3.98. The number of carbonyl (C=O) groups excluding carboxylic acids is 1. The molecule has 1 aromatic heterocycles. The highest BCUT2D eigenvalue weighted by Gasteiger charge is 2.10. The number of benzene rings is 2. The average Bonchev–Trinajstić information content (AvgIpc) is 3.09. The molecule has 0 aliphatic rings. The summed E-state index contributed by atoms with van der Waals surface area (Å²) >= 11 is 0. The van der Waals surface area contributed by atoms with Gasteiger partial charge in [0.1, 0.15) is 12.0 Å². The number of aldehydes is 1. The van der Waals surface area contributed by atoms with Crippen molar-refractivity contribution in [2.75, 3.05) is 0 Å². The van der Waals surface area contributed by atoms with E-state index >= 15 is 0 Å². The highest BCUT2D eigenvalue weighted by Crippen LogP contribution is 2.21. The third-order valence-corrected chi connectivity index (χ3v) is 3.66. The molecule has 1 heterocycles. The molecule has 0 N–H and O–H groups in total. The molecule has 0 saturated heterocycles. The Bertz CT molecular complexity index is 823. The van der Waals surface area contributed by atoms with Crippen LogP contribution in [-0.4, -0.2) is 16.4 Å². The zero-order chi connectivity index (χ0) is 16.9. The van der Waals surface area contributed by atoms with Crippen molar-refractivity contribution in [2.24, 2.45) is 0 Å². The Morgan fingerprint density at radius 2 is 1.96 bits per heavy atom. The number of hydrogen-bond acceptors (Lipinski definition) is 5. The summed E-state index contributed by atoms with van der Waals surface area (Å²) < 4.78 is 10.8. The quantitative estimate of drug-likeness (QED) is 0.635. The molecule has 5 nitrogen and oxygen atoms in total. The summed E-state index contributed by atoms with van der Waals surface area (Å²) in [5.41, 5.74) is 2.72. The van der Waals surface area contributed by atoms with Crippen molar-refractivity contribution >= 4 is 6.29 Å². The lowest BCUT2D eigenvalue weighted by molar-refractivity contribution is 0.112. The van der Waals surface area contributed by atoms with Crippen LogP contribution in [0.25, 0.3) is 11.4 Å². The number of hydrogen-bond donors (Lipinski definition) is 0. The smallest absolute Gasteiger partial charge is 0.264 e. The molecule has 0 atom stereocenters. The second kappa shape index (κ2) is 7.08. The van der Waals surface area contributed by atoms with E-state index in [-0.39, 0.29) is 6.61 Å². The number of carbonyl (C=O) groups is 1. The lowest BCUT2D eigenvalue weighted by Gasteiger charge is -2.04. The van der Waals surface area contributed by atoms with Crippen molar-refractivity contribution in [3.05, 3.63) is 65.5 Å². The van der Waals surface area contributed by atoms with Gasteiger partial charge in [-0.1, -0.05) is 55.4 Å². The number of rotatable bonds is 6. The third kappa shape index (κ3) is 3.68. The SMILES string of the molecule is CC(C)c1ccc(-c2noc(COc3cccc(C=O)c3)n2)cc1. The van der Waals surface area contributed by atoms with Gasteiger partial charge in [-0.2, -0.15) is 4.98 Å². The molecule has 0 bridgehead atoms. The molecule has 0 unspecified atom stereocenters. The molecular formula is C19H18N2O3. The van der Waals surface area contributed by atoms with Gasteiger partial charge in [-0.15, -0.1) is 0 Å². The topological polar surface area (TPSA) is 65.2 Å². The highest BCUT2D eigenvalue weighted by molar-refractivity contribution is 5.75. The third-order valence-electron chi connectivity index (χ3n) is 3.66. The maximum absolute atomic E-state index is 10.8. The average molecular weight is 322 g/mol. The van der Waals surface area contributed by atoms with Crippen molar-refractivity contribution in [1.29, 1.82) is 0 Å². The minimum atomic E-state index is 0.152. The van der Waals surface area contributed by atoms with Crippen molar-refractivity contribution in [1.82, 2.24) is 10.1 Å². The van der Waals surface area contributed by atoms with Gasteiger partial charge < -0.3 is 9.26 Å². The van der Waals surface area contributed by atoms with Crippen molar-refractivity contribution in [2.45, 2.75) is 26.4 Å². The lowest BCUT2D eigenvalue weighted by Crippen LogP contribution is -1.96. The van der Waals surface area contributed by atoms with Crippen molar-refractivity contribution < 1.29 is 14.1 Å². The van der Waals surface area contributed by atoms with E-state index in [4.69, 9.17) is 9.26 Å². The lowest BCUT2D eigenvalue weighted by atomic mass is 10.0. The van der Waals surface area contributed by atoms with Crippen LogP contribution in [-0.2, 0) is 6.61 Å². The van der Waals surface area contributed by atoms with Gasteiger partial charge >= 0.3 is 0 Å². The Morgan fingerprint density at radius 1 is 1.17 bits per heavy atom. The van der Waals surface area contributed by atoms with Crippen LogP contribution in [0.1, 0.15) is 41.6 Å². The summed E-state index contributed by atoms with van der Waals surface area (Å²) in [7, 11) is 0. The van der Waals surface area contributed by atoms with Crippen LogP contribution < -0.4 is 4.74 Å². The van der Waals surface area contributed by atoms with E-state index in [0.717, 1.165) is 11.8 Å². The van der Waals surface area contributed by atoms with Crippen molar-refractivity contribution in [3.63, 3.8) is 0 Å². The van der Waals surface area contributed by atoms with Crippen LogP contribution in [0.15, 0.2) is 53.1 Å². The van der Waals surface area contributed by atoms with E-state index in [1.807, 2.05) is 12.1 Å². The molecule has 3 rings (SSSR count). The van der Waals surface area contributed by atoms with E-state index in [1.165, 1.54) is 5.56 Å². The van der Waals surface area contributed by atoms with Gasteiger partial charge in [0.25, 0.3) is 5.89 Å². The summed E-state index contributed by atoms with van der Waals surface area (Å²) in [6, 6.07) is 15.0. The van der Waals surface area contributed by atoms with E-state index in [2.05, 4.69) is 36.1 Å². The van der Waals surface area contributed by atoms with Crippen LogP contribution in [0, 0.1) is 0 Å². The van der Waals surface area contributed by atoms with Crippen LogP contribution in [0.5, 0.6) is 5.75 Å².